The first kappa shape index (κ1) is 14.9. The molecule has 0 saturated heterocycles. The highest BCUT2D eigenvalue weighted by Gasteiger charge is 2.17. The van der Waals surface area contributed by atoms with Crippen molar-refractivity contribution in [1.29, 1.82) is 0 Å². The first-order valence-corrected chi connectivity index (χ1v) is 6.82. The molecule has 0 radical (unpaired) electrons. The highest BCUT2D eigenvalue weighted by molar-refractivity contribution is 6.36. The van der Waals surface area contributed by atoms with Crippen molar-refractivity contribution in [3.63, 3.8) is 0 Å². The van der Waals surface area contributed by atoms with E-state index in [4.69, 9.17) is 27.9 Å². The van der Waals surface area contributed by atoms with E-state index in [-0.39, 0.29) is 11.9 Å². The van der Waals surface area contributed by atoms with E-state index in [9.17, 15) is 4.39 Å². The Kier molecular flexibility index (Phi) is 4.73. The van der Waals surface area contributed by atoms with Crippen molar-refractivity contribution in [2.45, 2.75) is 13.0 Å². The maximum Gasteiger partial charge on any atom is 0.132 e. The van der Waals surface area contributed by atoms with Gasteiger partial charge in [0.2, 0.25) is 0 Å². The van der Waals surface area contributed by atoms with Crippen LogP contribution >= 0.6 is 23.2 Å². The van der Waals surface area contributed by atoms with Crippen molar-refractivity contribution >= 4 is 28.9 Å². The van der Waals surface area contributed by atoms with Crippen molar-refractivity contribution < 1.29 is 9.13 Å². The summed E-state index contributed by atoms with van der Waals surface area (Å²) in [6.07, 6.45) is 0. The molecule has 0 aliphatic heterocycles. The molecule has 0 heterocycles. The van der Waals surface area contributed by atoms with Gasteiger partial charge in [-0.15, -0.1) is 0 Å². The average Bonchev–Trinajstić information content (AvgIpc) is 2.41. The topological polar surface area (TPSA) is 21.3 Å². The van der Waals surface area contributed by atoms with Gasteiger partial charge in [0.15, 0.2) is 0 Å². The lowest BCUT2D eigenvalue weighted by molar-refractivity contribution is 0.402. The summed E-state index contributed by atoms with van der Waals surface area (Å²) in [6, 6.07) is 9.55. The zero-order chi connectivity index (χ0) is 14.7. The van der Waals surface area contributed by atoms with Gasteiger partial charge >= 0.3 is 0 Å². The van der Waals surface area contributed by atoms with E-state index in [0.717, 1.165) is 0 Å². The monoisotopic (exact) mass is 313 g/mol. The summed E-state index contributed by atoms with van der Waals surface area (Å²) in [5.74, 6) is 0.171. The Labute approximate surface area is 127 Å². The molecule has 0 spiro atoms. The SMILES string of the molecule is COc1cccc(F)c1C(C)Nc1ccc(Cl)cc1Cl. The van der Waals surface area contributed by atoms with Gasteiger partial charge in [0, 0.05) is 5.02 Å². The number of methoxy groups -OCH3 is 1. The Morgan fingerprint density at radius 3 is 2.60 bits per heavy atom. The number of hydrogen-bond acceptors (Lipinski definition) is 2. The molecule has 0 aliphatic rings. The molecule has 1 atom stereocenters. The van der Waals surface area contributed by atoms with E-state index in [1.165, 1.54) is 13.2 Å². The third-order valence-electron chi connectivity index (χ3n) is 2.97. The highest BCUT2D eigenvalue weighted by atomic mass is 35.5. The molecule has 2 nitrogen and oxygen atoms in total. The first-order valence-electron chi connectivity index (χ1n) is 6.07. The third kappa shape index (κ3) is 3.17. The van der Waals surface area contributed by atoms with Crippen molar-refractivity contribution in [3.05, 3.63) is 57.8 Å². The highest BCUT2D eigenvalue weighted by Crippen LogP contribution is 2.33. The van der Waals surface area contributed by atoms with Gasteiger partial charge in [-0.1, -0.05) is 29.3 Å². The fraction of sp³-hybridized carbons (Fsp3) is 0.200. The number of rotatable bonds is 4. The summed E-state index contributed by atoms with van der Waals surface area (Å²) in [4.78, 5) is 0. The molecular formula is C15H14Cl2FNO. The number of anilines is 1. The molecule has 0 saturated carbocycles. The molecular weight excluding hydrogens is 300 g/mol. The van der Waals surface area contributed by atoms with Crippen LogP contribution in [0.4, 0.5) is 10.1 Å². The van der Waals surface area contributed by atoms with E-state index < -0.39 is 0 Å². The Hall–Kier alpha value is -1.45. The predicted octanol–water partition coefficient (Wildman–Crippen LogP) is 5.31. The minimum atomic E-state index is -0.325. The van der Waals surface area contributed by atoms with Gasteiger partial charge in [0.25, 0.3) is 0 Å². The zero-order valence-corrected chi connectivity index (χ0v) is 12.6. The van der Waals surface area contributed by atoms with E-state index in [1.54, 1.807) is 30.3 Å². The predicted molar refractivity (Wildman–Crippen MR) is 81.5 cm³/mol. The van der Waals surface area contributed by atoms with Crippen molar-refractivity contribution in [2.24, 2.45) is 0 Å². The normalized spacial score (nSPS) is 12.1. The summed E-state index contributed by atoms with van der Waals surface area (Å²) in [6.45, 7) is 1.84. The molecule has 2 aromatic rings. The second kappa shape index (κ2) is 6.33. The molecule has 20 heavy (non-hydrogen) atoms. The Balaban J connectivity index is 2.30. The molecule has 2 rings (SSSR count). The van der Waals surface area contributed by atoms with E-state index in [2.05, 4.69) is 5.32 Å². The zero-order valence-electron chi connectivity index (χ0n) is 11.1. The average molecular weight is 314 g/mol. The van der Waals surface area contributed by atoms with Gasteiger partial charge in [-0.25, -0.2) is 4.39 Å². The minimum Gasteiger partial charge on any atom is -0.496 e. The second-order valence-electron chi connectivity index (χ2n) is 4.35. The van der Waals surface area contributed by atoms with Gasteiger partial charge < -0.3 is 10.1 Å². The van der Waals surface area contributed by atoms with E-state index >= 15 is 0 Å². The molecule has 1 unspecified atom stereocenters. The standard InChI is InChI=1S/C15H14Cl2FNO/c1-9(15-12(18)4-3-5-14(15)20-2)19-13-7-6-10(16)8-11(13)17/h3-9,19H,1-2H3. The summed E-state index contributed by atoms with van der Waals surface area (Å²) in [5, 5.41) is 4.20. The fourth-order valence-corrected chi connectivity index (χ4v) is 2.49. The van der Waals surface area contributed by atoms with Crippen LogP contribution in [-0.2, 0) is 0 Å². The van der Waals surface area contributed by atoms with Gasteiger partial charge in [-0.2, -0.15) is 0 Å². The largest absolute Gasteiger partial charge is 0.496 e. The van der Waals surface area contributed by atoms with Crippen LogP contribution in [-0.4, -0.2) is 7.11 Å². The third-order valence-corrected chi connectivity index (χ3v) is 3.52. The summed E-state index contributed by atoms with van der Waals surface area (Å²) >= 11 is 12.0. The Morgan fingerprint density at radius 2 is 1.95 bits per heavy atom. The van der Waals surface area contributed by atoms with Gasteiger partial charge in [-0.05, 0) is 37.3 Å². The maximum atomic E-state index is 14.0. The second-order valence-corrected chi connectivity index (χ2v) is 5.19. The first-order chi connectivity index (χ1) is 9.52. The van der Waals surface area contributed by atoms with Crippen LogP contribution in [0.5, 0.6) is 5.75 Å². The number of nitrogens with one attached hydrogen (secondary N) is 1. The maximum absolute atomic E-state index is 14.0. The van der Waals surface area contributed by atoms with Gasteiger partial charge in [-0.3, -0.25) is 0 Å². The molecule has 0 aliphatic carbocycles. The van der Waals surface area contributed by atoms with Crippen LogP contribution in [0.25, 0.3) is 0 Å². The van der Waals surface area contributed by atoms with Crippen LogP contribution in [0.1, 0.15) is 18.5 Å². The smallest absolute Gasteiger partial charge is 0.132 e. The molecule has 0 amide bonds. The summed E-state index contributed by atoms with van der Waals surface area (Å²) in [5.41, 5.74) is 1.15. The fourth-order valence-electron chi connectivity index (χ4n) is 2.03. The van der Waals surface area contributed by atoms with Crippen LogP contribution < -0.4 is 10.1 Å². The lowest BCUT2D eigenvalue weighted by atomic mass is 10.1. The number of halogens is 3. The van der Waals surface area contributed by atoms with Gasteiger partial charge in [0.1, 0.15) is 11.6 Å². The van der Waals surface area contributed by atoms with E-state index in [1.807, 2.05) is 6.92 Å². The van der Waals surface area contributed by atoms with Crippen molar-refractivity contribution in [1.82, 2.24) is 0 Å². The van der Waals surface area contributed by atoms with Gasteiger partial charge in [0.05, 0.1) is 29.4 Å². The molecule has 106 valence electrons. The number of hydrogen-bond donors (Lipinski definition) is 1. The molecule has 0 bridgehead atoms. The minimum absolute atomic E-state index is 0.301. The van der Waals surface area contributed by atoms with Crippen molar-refractivity contribution in [2.75, 3.05) is 12.4 Å². The summed E-state index contributed by atoms with van der Waals surface area (Å²) in [7, 11) is 1.51. The summed E-state index contributed by atoms with van der Waals surface area (Å²) < 4.78 is 19.2. The lowest BCUT2D eigenvalue weighted by Crippen LogP contribution is -2.10. The molecule has 5 heteroatoms. The molecule has 2 aromatic carbocycles. The van der Waals surface area contributed by atoms with E-state index in [0.29, 0.717) is 27.0 Å². The van der Waals surface area contributed by atoms with Crippen LogP contribution in [0.3, 0.4) is 0 Å². The Morgan fingerprint density at radius 1 is 1.20 bits per heavy atom. The molecule has 1 N–H and O–H groups in total. The van der Waals surface area contributed by atoms with Crippen LogP contribution in [0, 0.1) is 5.82 Å². The quantitative estimate of drug-likeness (QED) is 0.825. The molecule has 0 aromatic heterocycles. The van der Waals surface area contributed by atoms with Crippen LogP contribution in [0.15, 0.2) is 36.4 Å². The van der Waals surface area contributed by atoms with Crippen LogP contribution in [0.2, 0.25) is 10.0 Å². The number of benzene rings is 2. The lowest BCUT2D eigenvalue weighted by Gasteiger charge is -2.19. The molecule has 0 fully saturated rings. The number of ether oxygens (including phenoxy) is 1. The van der Waals surface area contributed by atoms with Crippen molar-refractivity contribution in [3.8, 4) is 5.75 Å². The Bertz CT molecular complexity index is 619.